The molecule has 0 bridgehead atoms. The van der Waals surface area contributed by atoms with Crippen LogP contribution in [-0.2, 0) is 11.2 Å². The Kier molecular flexibility index (Phi) is 5.37. The number of carbonyl (C=O) groups is 1. The summed E-state index contributed by atoms with van der Waals surface area (Å²) < 4.78 is 0. The van der Waals surface area contributed by atoms with Gasteiger partial charge in [0.2, 0.25) is 5.91 Å². The van der Waals surface area contributed by atoms with E-state index in [2.05, 4.69) is 42.3 Å². The van der Waals surface area contributed by atoms with Gasteiger partial charge in [0.15, 0.2) is 0 Å². The Morgan fingerprint density at radius 1 is 1.22 bits per heavy atom. The Labute approximate surface area is 140 Å². The molecular weight excluding hydrogens is 284 g/mol. The van der Waals surface area contributed by atoms with Gasteiger partial charge in [-0.2, -0.15) is 0 Å². The first-order valence-corrected chi connectivity index (χ1v) is 9.28. The topological polar surface area (TPSA) is 32.3 Å². The Balaban J connectivity index is 1.58. The fraction of sp³-hybridized carbons (Fsp3) is 0.650. The van der Waals surface area contributed by atoms with Crippen molar-refractivity contribution in [2.24, 2.45) is 11.8 Å². The van der Waals surface area contributed by atoms with Gasteiger partial charge in [0.1, 0.15) is 0 Å². The number of nitrogens with one attached hydrogen (secondary N) is 1. The van der Waals surface area contributed by atoms with Crippen molar-refractivity contribution in [3.8, 4) is 0 Å². The number of para-hydroxylation sites is 1. The third-order valence-electron chi connectivity index (χ3n) is 5.75. The van der Waals surface area contributed by atoms with Crippen LogP contribution in [0.4, 0.5) is 5.69 Å². The summed E-state index contributed by atoms with van der Waals surface area (Å²) in [6.45, 7) is 6.96. The highest BCUT2D eigenvalue weighted by Crippen LogP contribution is 2.35. The molecule has 1 aliphatic carbocycles. The quantitative estimate of drug-likeness (QED) is 0.911. The maximum atomic E-state index is 12.5. The maximum Gasteiger partial charge on any atom is 0.238 e. The van der Waals surface area contributed by atoms with Gasteiger partial charge in [0.05, 0.1) is 6.54 Å². The molecule has 1 heterocycles. The van der Waals surface area contributed by atoms with E-state index in [-0.39, 0.29) is 5.91 Å². The number of fused-ring (bicyclic) bond motifs is 1. The number of carbonyl (C=O) groups excluding carboxylic acids is 1. The van der Waals surface area contributed by atoms with Crippen LogP contribution in [0, 0.1) is 18.8 Å². The predicted molar refractivity (Wildman–Crippen MR) is 95.7 cm³/mol. The number of benzene rings is 1. The van der Waals surface area contributed by atoms with Crippen LogP contribution in [-0.4, -0.2) is 30.4 Å². The molecule has 1 saturated heterocycles. The minimum Gasteiger partial charge on any atom is -0.324 e. The molecule has 3 rings (SSSR count). The number of amides is 1. The second kappa shape index (κ2) is 7.48. The molecule has 23 heavy (non-hydrogen) atoms. The van der Waals surface area contributed by atoms with Crippen molar-refractivity contribution in [3.63, 3.8) is 0 Å². The number of aryl methyl sites for hydroxylation is 2. The summed E-state index contributed by atoms with van der Waals surface area (Å²) >= 11 is 0. The van der Waals surface area contributed by atoms with Crippen LogP contribution in [0.1, 0.15) is 50.2 Å². The average Bonchev–Trinajstić information content (AvgIpc) is 2.56. The fourth-order valence-corrected chi connectivity index (χ4v) is 4.40. The summed E-state index contributed by atoms with van der Waals surface area (Å²) in [4.78, 5) is 14.9. The number of anilines is 1. The third-order valence-corrected chi connectivity index (χ3v) is 5.75. The number of rotatable bonds is 4. The first-order valence-electron chi connectivity index (χ1n) is 9.28. The van der Waals surface area contributed by atoms with Gasteiger partial charge in [-0.15, -0.1) is 0 Å². The molecule has 1 aromatic carbocycles. The minimum absolute atomic E-state index is 0.142. The predicted octanol–water partition coefficient (Wildman–Crippen LogP) is 4.01. The van der Waals surface area contributed by atoms with Crippen LogP contribution in [0.25, 0.3) is 0 Å². The first kappa shape index (κ1) is 16.5. The lowest BCUT2D eigenvalue weighted by Gasteiger charge is -2.41. The number of nitrogens with zero attached hydrogens (tertiary/aromatic N) is 1. The number of hydrogen-bond donors (Lipinski definition) is 1. The second-order valence-corrected chi connectivity index (χ2v) is 7.34. The van der Waals surface area contributed by atoms with Gasteiger partial charge < -0.3 is 5.32 Å². The smallest absolute Gasteiger partial charge is 0.238 e. The molecule has 1 aliphatic heterocycles. The number of piperidine rings is 1. The zero-order valence-electron chi connectivity index (χ0n) is 14.6. The van der Waals surface area contributed by atoms with Gasteiger partial charge in [0.25, 0.3) is 0 Å². The van der Waals surface area contributed by atoms with Crippen LogP contribution in [0.2, 0.25) is 0 Å². The molecular formula is C20H30N2O. The van der Waals surface area contributed by atoms with E-state index in [0.717, 1.165) is 42.6 Å². The minimum atomic E-state index is 0.142. The van der Waals surface area contributed by atoms with E-state index in [9.17, 15) is 4.79 Å². The molecule has 0 aromatic heterocycles. The van der Waals surface area contributed by atoms with Gasteiger partial charge in [-0.05, 0) is 55.7 Å². The summed E-state index contributed by atoms with van der Waals surface area (Å²) in [7, 11) is 0. The van der Waals surface area contributed by atoms with Crippen molar-refractivity contribution in [2.45, 2.75) is 52.4 Å². The first-order chi connectivity index (χ1) is 11.2. The average molecular weight is 314 g/mol. The molecule has 3 nitrogen and oxygen atoms in total. The Hall–Kier alpha value is -1.35. The van der Waals surface area contributed by atoms with Crippen LogP contribution in [0.5, 0.6) is 0 Å². The van der Waals surface area contributed by atoms with Gasteiger partial charge >= 0.3 is 0 Å². The SMILES string of the molecule is CCc1cccc(C)c1NC(=O)CN1CC[C@H]2CCCC[C@@H]2C1. The molecule has 2 atom stereocenters. The zero-order chi connectivity index (χ0) is 16.2. The van der Waals surface area contributed by atoms with Crippen molar-refractivity contribution in [1.82, 2.24) is 4.90 Å². The molecule has 1 amide bonds. The van der Waals surface area contributed by atoms with Crippen LogP contribution < -0.4 is 5.32 Å². The van der Waals surface area contributed by atoms with Crippen molar-refractivity contribution in [1.29, 1.82) is 0 Å². The molecule has 1 saturated carbocycles. The molecule has 0 unspecified atom stereocenters. The van der Waals surface area contributed by atoms with E-state index in [1.807, 2.05) is 0 Å². The van der Waals surface area contributed by atoms with E-state index in [0.29, 0.717) is 6.54 Å². The van der Waals surface area contributed by atoms with Gasteiger partial charge in [0, 0.05) is 12.2 Å². The molecule has 1 N–H and O–H groups in total. The summed E-state index contributed by atoms with van der Waals surface area (Å²) in [6.07, 6.45) is 7.79. The van der Waals surface area contributed by atoms with E-state index < -0.39 is 0 Å². The number of hydrogen-bond acceptors (Lipinski definition) is 2. The second-order valence-electron chi connectivity index (χ2n) is 7.34. The Bertz CT molecular complexity index is 555. The molecule has 3 heteroatoms. The largest absolute Gasteiger partial charge is 0.324 e. The van der Waals surface area contributed by atoms with Crippen LogP contribution in [0.3, 0.4) is 0 Å². The Morgan fingerprint density at radius 2 is 2.00 bits per heavy atom. The summed E-state index contributed by atoms with van der Waals surface area (Å²) in [5.74, 6) is 1.89. The van der Waals surface area contributed by atoms with E-state index >= 15 is 0 Å². The summed E-state index contributed by atoms with van der Waals surface area (Å²) in [6, 6.07) is 6.25. The van der Waals surface area contributed by atoms with Gasteiger partial charge in [-0.1, -0.05) is 44.4 Å². The highest BCUT2D eigenvalue weighted by Gasteiger charge is 2.31. The van der Waals surface area contributed by atoms with Crippen molar-refractivity contribution in [3.05, 3.63) is 29.3 Å². The van der Waals surface area contributed by atoms with Crippen LogP contribution >= 0.6 is 0 Å². The molecule has 126 valence electrons. The fourth-order valence-electron chi connectivity index (χ4n) is 4.40. The lowest BCUT2D eigenvalue weighted by atomic mass is 9.75. The monoisotopic (exact) mass is 314 g/mol. The normalized spacial score (nSPS) is 25.0. The highest BCUT2D eigenvalue weighted by atomic mass is 16.2. The van der Waals surface area contributed by atoms with E-state index in [1.54, 1.807) is 0 Å². The van der Waals surface area contributed by atoms with Crippen LogP contribution in [0.15, 0.2) is 18.2 Å². The lowest BCUT2D eigenvalue weighted by Crippen LogP contribution is -2.44. The highest BCUT2D eigenvalue weighted by molar-refractivity contribution is 5.93. The third kappa shape index (κ3) is 3.95. The number of likely N-dealkylation sites (tertiary alicyclic amines) is 1. The molecule has 0 radical (unpaired) electrons. The van der Waals surface area contributed by atoms with Gasteiger partial charge in [-0.25, -0.2) is 0 Å². The lowest BCUT2D eigenvalue weighted by molar-refractivity contribution is -0.118. The molecule has 1 aromatic rings. The van der Waals surface area contributed by atoms with Gasteiger partial charge in [-0.3, -0.25) is 9.69 Å². The Morgan fingerprint density at radius 3 is 2.78 bits per heavy atom. The van der Waals surface area contributed by atoms with Crippen molar-refractivity contribution >= 4 is 11.6 Å². The standard InChI is InChI=1S/C20H30N2O/c1-3-16-10-6-7-15(2)20(16)21-19(23)14-22-12-11-17-8-4-5-9-18(17)13-22/h6-7,10,17-18H,3-5,8-9,11-14H2,1-2H3,(H,21,23)/t17-,18-/m1/s1. The zero-order valence-corrected chi connectivity index (χ0v) is 14.6. The molecule has 0 spiro atoms. The molecule has 2 aliphatic rings. The van der Waals surface area contributed by atoms with Crippen molar-refractivity contribution < 1.29 is 4.79 Å². The van der Waals surface area contributed by atoms with E-state index in [1.165, 1.54) is 37.7 Å². The summed E-state index contributed by atoms with van der Waals surface area (Å²) in [5, 5.41) is 3.17. The van der Waals surface area contributed by atoms with Crippen molar-refractivity contribution in [2.75, 3.05) is 25.0 Å². The maximum absolute atomic E-state index is 12.5. The summed E-state index contributed by atoms with van der Waals surface area (Å²) in [5.41, 5.74) is 3.40. The molecule has 2 fully saturated rings. The van der Waals surface area contributed by atoms with E-state index in [4.69, 9.17) is 0 Å².